The molecule has 3 aromatic rings. The number of amides is 1. The van der Waals surface area contributed by atoms with Gasteiger partial charge in [0.05, 0.1) is 16.8 Å². The van der Waals surface area contributed by atoms with Crippen molar-refractivity contribution < 1.29 is 4.79 Å². The van der Waals surface area contributed by atoms with E-state index in [0.29, 0.717) is 26.6 Å². The maximum atomic E-state index is 11.8. The van der Waals surface area contributed by atoms with Crippen LogP contribution in [0.4, 0.5) is 0 Å². The van der Waals surface area contributed by atoms with E-state index in [1.54, 1.807) is 18.2 Å². The molecule has 0 bridgehead atoms. The minimum atomic E-state index is -0.254. The summed E-state index contributed by atoms with van der Waals surface area (Å²) in [4.78, 5) is 11.8. The van der Waals surface area contributed by atoms with Gasteiger partial charge in [-0.2, -0.15) is 5.26 Å². The molecular formula is C18H13Cl2N5OS. The largest absolute Gasteiger partial charge is 0.342 e. The van der Waals surface area contributed by atoms with E-state index in [9.17, 15) is 4.79 Å². The van der Waals surface area contributed by atoms with Gasteiger partial charge in [-0.15, -0.1) is 10.2 Å². The van der Waals surface area contributed by atoms with Crippen LogP contribution in [-0.4, -0.2) is 33.0 Å². The monoisotopic (exact) mass is 417 g/mol. The molecule has 0 aliphatic carbocycles. The number of nitriles is 1. The fourth-order valence-corrected chi connectivity index (χ4v) is 3.61. The summed E-state index contributed by atoms with van der Waals surface area (Å²) in [6, 6.07) is 16.6. The number of benzene rings is 2. The van der Waals surface area contributed by atoms with Crippen molar-refractivity contribution in [1.29, 1.82) is 5.26 Å². The van der Waals surface area contributed by atoms with Crippen LogP contribution < -0.4 is 5.32 Å². The third-order valence-corrected chi connectivity index (χ3v) is 4.99. The van der Waals surface area contributed by atoms with Crippen LogP contribution in [0.5, 0.6) is 0 Å². The van der Waals surface area contributed by atoms with Gasteiger partial charge in [0.15, 0.2) is 11.0 Å². The second-order valence-corrected chi connectivity index (χ2v) is 7.11. The number of hydrogen-bond donors (Lipinski definition) is 1. The highest BCUT2D eigenvalue weighted by Gasteiger charge is 2.19. The van der Waals surface area contributed by atoms with E-state index >= 15 is 0 Å². The summed E-state index contributed by atoms with van der Waals surface area (Å²) in [6.45, 7) is -0.0313. The first kappa shape index (κ1) is 19.2. The molecule has 0 spiro atoms. The summed E-state index contributed by atoms with van der Waals surface area (Å²) >= 11 is 13.6. The Hall–Kier alpha value is -2.53. The fraction of sp³-hybridized carbons (Fsp3) is 0.111. The van der Waals surface area contributed by atoms with Crippen LogP contribution in [0.2, 0.25) is 10.0 Å². The predicted octanol–water partition coefficient (Wildman–Crippen LogP) is 3.97. The summed E-state index contributed by atoms with van der Waals surface area (Å²) in [5.41, 5.74) is 1.52. The number of nitrogens with zero attached hydrogens (tertiary/aromatic N) is 4. The number of carbonyl (C=O) groups is 1. The molecule has 0 aliphatic rings. The first-order valence-electron chi connectivity index (χ1n) is 7.83. The third-order valence-electron chi connectivity index (χ3n) is 3.52. The molecule has 0 atom stereocenters. The van der Waals surface area contributed by atoms with Gasteiger partial charge in [0.25, 0.3) is 0 Å². The maximum Gasteiger partial charge on any atom is 0.231 e. The van der Waals surface area contributed by atoms with E-state index in [4.69, 9.17) is 28.5 Å². The Balaban J connectivity index is 1.99. The third kappa shape index (κ3) is 4.61. The van der Waals surface area contributed by atoms with Crippen molar-refractivity contribution in [2.75, 3.05) is 12.3 Å². The average Bonchev–Trinajstić information content (AvgIpc) is 3.09. The van der Waals surface area contributed by atoms with Crippen molar-refractivity contribution in [3.63, 3.8) is 0 Å². The highest BCUT2D eigenvalue weighted by atomic mass is 35.5. The highest BCUT2D eigenvalue weighted by Crippen LogP contribution is 2.33. The number of halogens is 2. The molecule has 0 radical (unpaired) electrons. The van der Waals surface area contributed by atoms with Gasteiger partial charge in [0.2, 0.25) is 5.91 Å². The van der Waals surface area contributed by atoms with E-state index in [0.717, 1.165) is 5.69 Å². The molecule has 0 aliphatic heterocycles. The second kappa shape index (κ2) is 8.91. The molecule has 0 saturated heterocycles. The van der Waals surface area contributed by atoms with Crippen molar-refractivity contribution in [1.82, 2.24) is 20.1 Å². The second-order valence-electron chi connectivity index (χ2n) is 5.32. The molecule has 1 aromatic heterocycles. The minimum absolute atomic E-state index is 0.0313. The van der Waals surface area contributed by atoms with Crippen molar-refractivity contribution in [2.45, 2.75) is 5.16 Å². The fourth-order valence-electron chi connectivity index (χ4n) is 2.34. The topological polar surface area (TPSA) is 83.6 Å². The zero-order chi connectivity index (χ0) is 19.2. The Bertz CT molecular complexity index is 1000. The molecular weight excluding hydrogens is 405 g/mol. The molecule has 2 aromatic carbocycles. The lowest BCUT2D eigenvalue weighted by Gasteiger charge is -2.11. The molecule has 136 valence electrons. The van der Waals surface area contributed by atoms with Gasteiger partial charge in [-0.05, 0) is 30.3 Å². The zero-order valence-corrected chi connectivity index (χ0v) is 16.2. The minimum Gasteiger partial charge on any atom is -0.342 e. The molecule has 9 heteroatoms. The van der Waals surface area contributed by atoms with Crippen molar-refractivity contribution in [2.24, 2.45) is 0 Å². The van der Waals surface area contributed by atoms with Gasteiger partial charge in [-0.3, -0.25) is 9.36 Å². The number of rotatable bonds is 6. The standard InChI is InChI=1S/C18H13Cl2N5OS/c19-12-6-7-14(15(20)10-12)17-23-24-18(27-11-16(26)22-9-8-21)25(17)13-4-2-1-3-5-13/h1-7,10H,9,11H2,(H,22,26). The number of nitrogens with one attached hydrogen (secondary N) is 1. The van der Waals surface area contributed by atoms with Crippen LogP contribution in [0.15, 0.2) is 53.7 Å². The van der Waals surface area contributed by atoms with Crippen LogP contribution in [-0.2, 0) is 4.79 Å². The van der Waals surface area contributed by atoms with E-state index in [1.165, 1.54) is 11.8 Å². The SMILES string of the molecule is N#CCNC(=O)CSc1nnc(-c2ccc(Cl)cc2Cl)n1-c1ccccc1. The first-order chi connectivity index (χ1) is 13.1. The summed E-state index contributed by atoms with van der Waals surface area (Å²) in [6.07, 6.45) is 0. The first-order valence-corrected chi connectivity index (χ1v) is 9.57. The van der Waals surface area contributed by atoms with Gasteiger partial charge in [-0.1, -0.05) is 53.2 Å². The van der Waals surface area contributed by atoms with Crippen LogP contribution in [0, 0.1) is 11.3 Å². The van der Waals surface area contributed by atoms with Crippen LogP contribution in [0.1, 0.15) is 0 Å². The maximum absolute atomic E-state index is 11.8. The molecule has 1 amide bonds. The molecule has 3 rings (SSSR count). The van der Waals surface area contributed by atoms with Crippen LogP contribution in [0.3, 0.4) is 0 Å². The predicted molar refractivity (Wildman–Crippen MR) is 106 cm³/mol. The molecule has 1 heterocycles. The van der Waals surface area contributed by atoms with Crippen molar-refractivity contribution in [3.8, 4) is 23.1 Å². The van der Waals surface area contributed by atoms with E-state index in [1.807, 2.05) is 41.0 Å². The Labute approximate surface area is 170 Å². The van der Waals surface area contributed by atoms with E-state index in [-0.39, 0.29) is 18.2 Å². The van der Waals surface area contributed by atoms with Crippen molar-refractivity contribution >= 4 is 40.9 Å². The van der Waals surface area contributed by atoms with Gasteiger partial charge < -0.3 is 5.32 Å². The molecule has 6 nitrogen and oxygen atoms in total. The quantitative estimate of drug-likeness (QED) is 0.484. The Morgan fingerprint density at radius 3 is 2.67 bits per heavy atom. The number of carbonyl (C=O) groups excluding carboxylic acids is 1. The average molecular weight is 418 g/mol. The Morgan fingerprint density at radius 1 is 1.19 bits per heavy atom. The molecule has 1 N–H and O–H groups in total. The van der Waals surface area contributed by atoms with E-state index < -0.39 is 0 Å². The van der Waals surface area contributed by atoms with Crippen molar-refractivity contribution in [3.05, 3.63) is 58.6 Å². The summed E-state index contributed by atoms with van der Waals surface area (Å²) in [7, 11) is 0. The van der Waals surface area contributed by atoms with Crippen LogP contribution in [0.25, 0.3) is 17.1 Å². The molecule has 0 fully saturated rings. The molecule has 0 unspecified atom stereocenters. The number of hydrogen-bond acceptors (Lipinski definition) is 5. The lowest BCUT2D eigenvalue weighted by atomic mass is 10.2. The van der Waals surface area contributed by atoms with E-state index in [2.05, 4.69) is 15.5 Å². The Morgan fingerprint density at radius 2 is 1.96 bits per heavy atom. The summed E-state index contributed by atoms with van der Waals surface area (Å²) in [5.74, 6) is 0.402. The molecule has 0 saturated carbocycles. The zero-order valence-electron chi connectivity index (χ0n) is 13.9. The smallest absolute Gasteiger partial charge is 0.231 e. The highest BCUT2D eigenvalue weighted by molar-refractivity contribution is 7.99. The lowest BCUT2D eigenvalue weighted by Crippen LogP contribution is -2.25. The number of aromatic nitrogens is 3. The summed E-state index contributed by atoms with van der Waals surface area (Å²) in [5, 5.41) is 21.1. The van der Waals surface area contributed by atoms with Gasteiger partial charge in [0, 0.05) is 16.3 Å². The molecule has 27 heavy (non-hydrogen) atoms. The number of para-hydroxylation sites is 1. The summed E-state index contributed by atoms with van der Waals surface area (Å²) < 4.78 is 1.83. The Kier molecular flexibility index (Phi) is 6.35. The van der Waals surface area contributed by atoms with Gasteiger partial charge >= 0.3 is 0 Å². The van der Waals surface area contributed by atoms with Crippen LogP contribution >= 0.6 is 35.0 Å². The van der Waals surface area contributed by atoms with Gasteiger partial charge in [0.1, 0.15) is 6.54 Å². The number of thioether (sulfide) groups is 1. The van der Waals surface area contributed by atoms with Gasteiger partial charge in [-0.25, -0.2) is 0 Å². The lowest BCUT2D eigenvalue weighted by molar-refractivity contribution is -0.118. The normalized spacial score (nSPS) is 10.4.